The summed E-state index contributed by atoms with van der Waals surface area (Å²) in [6, 6.07) is 17.5. The Morgan fingerprint density at radius 1 is 0.529 bits per heavy atom. The summed E-state index contributed by atoms with van der Waals surface area (Å²) in [7, 11) is 0. The largest absolute Gasteiger partial charge is 0.469 e. The van der Waals surface area contributed by atoms with E-state index in [4.69, 9.17) is 22.3 Å². The Bertz CT molecular complexity index is 2060. The predicted octanol–water partition coefficient (Wildman–Crippen LogP) is 15.5. The normalized spacial score (nSPS) is 11.4. The average molecular weight is 936 g/mol. The SMILES string of the molecule is CC(C)C1=CCC=N1.CC(C)c1ccco1.CC(C)c1ccn[nH]1.CC(C)c1ccno1.CC(C)c1ccon1.CC(C)c1nc2ccccc2o1.CC(C)c1ncco1.CC(C)c1ncno1. The van der Waals surface area contributed by atoms with E-state index >= 15 is 0 Å². The van der Waals surface area contributed by atoms with Gasteiger partial charge in [-0.2, -0.15) is 10.1 Å². The molecular weight excluding hydrogens is 859 g/mol. The first-order valence-electron chi connectivity index (χ1n) is 23.5. The number of allylic oxidation sites excluding steroid dienone is 2. The summed E-state index contributed by atoms with van der Waals surface area (Å²) in [5.41, 5.74) is 5.28. The smallest absolute Gasteiger partial charge is 0.228 e. The standard InChI is InChI=1S/C10H11NO.C7H11N.C7H10O.C6H10N2.3C6H9NO.C5H8N2O/c1-7(2)10-11-8-5-3-4-6-9(8)12-10;2*1-6(2)7-4-3-5-8-7;1-5(2)6-3-4-7-8-6;1-5(2)6-7-3-4-8-6;1-5(2)6-3-4-8-7-6;1-5(2)6-3-4-7-8-6;1-4(2)5-6-3-7-8-5/h3-7H,1-2H3;4-6H,3H2,1-2H3;3-6H,1-2H3;3-5H,1-2H3,(H,7,8);3*3-5H,1-2H3;3-4H,1-2H3. The number of para-hydroxylation sites is 2. The lowest BCUT2D eigenvalue weighted by molar-refractivity contribution is 0.364. The lowest BCUT2D eigenvalue weighted by atomic mass is 10.1. The molecule has 0 saturated heterocycles. The number of benzene rings is 1. The van der Waals surface area contributed by atoms with Crippen LogP contribution in [0.2, 0.25) is 0 Å². The molecule has 0 aliphatic carbocycles. The van der Waals surface area contributed by atoms with Crippen LogP contribution in [0.5, 0.6) is 0 Å². The molecule has 0 unspecified atom stereocenters. The van der Waals surface area contributed by atoms with Crippen molar-refractivity contribution in [1.82, 2.24) is 40.6 Å². The van der Waals surface area contributed by atoms with Crippen LogP contribution in [0.4, 0.5) is 0 Å². The summed E-state index contributed by atoms with van der Waals surface area (Å²) in [6.45, 7) is 33.4. The minimum atomic E-state index is 0.345. The predicted molar refractivity (Wildman–Crippen MR) is 270 cm³/mol. The number of oxazole rings is 2. The van der Waals surface area contributed by atoms with Crippen LogP contribution < -0.4 is 0 Å². The van der Waals surface area contributed by atoms with Gasteiger partial charge in [0, 0.05) is 71.9 Å². The molecule has 1 N–H and O–H groups in total. The summed E-state index contributed by atoms with van der Waals surface area (Å²) in [5.74, 6) is 8.07. The zero-order valence-corrected chi connectivity index (χ0v) is 43.2. The van der Waals surface area contributed by atoms with Crippen LogP contribution in [-0.2, 0) is 0 Å². The van der Waals surface area contributed by atoms with E-state index < -0.39 is 0 Å². The number of furan rings is 1. The topological polar surface area (TPSA) is 197 Å². The van der Waals surface area contributed by atoms with E-state index in [1.165, 1.54) is 17.7 Å². The highest BCUT2D eigenvalue weighted by Gasteiger charge is 2.08. The molecule has 1 aliphatic rings. The van der Waals surface area contributed by atoms with Gasteiger partial charge in [-0.1, -0.05) is 144 Å². The molecule has 7 aromatic heterocycles. The fourth-order valence-corrected chi connectivity index (χ4v) is 5.11. The third kappa shape index (κ3) is 23.2. The second-order valence-corrected chi connectivity index (χ2v) is 18.0. The van der Waals surface area contributed by atoms with Gasteiger partial charge < -0.3 is 26.8 Å². The third-order valence-corrected chi connectivity index (χ3v) is 9.22. The lowest BCUT2D eigenvalue weighted by Gasteiger charge is -1.98. The Kier molecular flexibility index (Phi) is 27.2. The van der Waals surface area contributed by atoms with Gasteiger partial charge in [0.15, 0.2) is 23.7 Å². The van der Waals surface area contributed by atoms with Crippen molar-refractivity contribution in [3.8, 4) is 0 Å². The van der Waals surface area contributed by atoms with Crippen molar-refractivity contribution in [2.75, 3.05) is 0 Å². The Morgan fingerprint density at radius 3 is 1.56 bits per heavy atom. The molecule has 15 nitrogen and oxygen atoms in total. The van der Waals surface area contributed by atoms with Gasteiger partial charge >= 0.3 is 0 Å². The van der Waals surface area contributed by atoms with Gasteiger partial charge in [-0.3, -0.25) is 10.1 Å². The fraction of sp³-hybridized carbons (Fsp3) is 0.472. The number of fused-ring (bicyclic) bond motifs is 1. The van der Waals surface area contributed by atoms with Gasteiger partial charge in [-0.05, 0) is 48.1 Å². The van der Waals surface area contributed by atoms with E-state index in [9.17, 15) is 0 Å². The van der Waals surface area contributed by atoms with Crippen LogP contribution in [0.15, 0.2) is 142 Å². The molecule has 370 valence electrons. The Hall–Kier alpha value is -6.64. The fourth-order valence-electron chi connectivity index (χ4n) is 5.11. The van der Waals surface area contributed by atoms with Crippen LogP contribution in [-0.4, -0.2) is 46.8 Å². The lowest BCUT2D eigenvalue weighted by Crippen LogP contribution is -1.85. The first-order valence-corrected chi connectivity index (χ1v) is 23.5. The Balaban J connectivity index is 0.000000268. The van der Waals surface area contributed by atoms with Crippen molar-refractivity contribution >= 4 is 17.3 Å². The monoisotopic (exact) mass is 936 g/mol. The zero-order valence-electron chi connectivity index (χ0n) is 43.2. The maximum Gasteiger partial charge on any atom is 0.228 e. The van der Waals surface area contributed by atoms with Gasteiger partial charge in [-0.15, -0.1) is 0 Å². The minimum absolute atomic E-state index is 0.345. The van der Waals surface area contributed by atoms with Gasteiger partial charge in [-0.25, -0.2) is 9.97 Å². The number of aromatic nitrogens is 8. The van der Waals surface area contributed by atoms with Crippen molar-refractivity contribution < 1.29 is 26.8 Å². The molecule has 0 spiro atoms. The first-order chi connectivity index (χ1) is 32.4. The minimum Gasteiger partial charge on any atom is -0.469 e. The summed E-state index contributed by atoms with van der Waals surface area (Å²) >= 11 is 0. The quantitative estimate of drug-likeness (QED) is 0.151. The highest BCUT2D eigenvalue weighted by molar-refractivity contribution is 5.72. The average Bonchev–Trinajstić information content (AvgIpc) is 4.18. The summed E-state index contributed by atoms with van der Waals surface area (Å²) in [4.78, 5) is 16.3. The number of nitrogens with one attached hydrogen (secondary N) is 1. The molecular formula is C53H77N9O6. The number of aromatic amines is 1. The molecule has 0 bridgehead atoms. The molecule has 15 heteroatoms. The number of nitrogens with zero attached hydrogens (tertiary/aromatic N) is 8. The van der Waals surface area contributed by atoms with Crippen molar-refractivity contribution in [2.45, 2.75) is 159 Å². The molecule has 9 rings (SSSR count). The molecule has 0 amide bonds. The number of aliphatic imine (C=N–C) groups is 1. The second kappa shape index (κ2) is 32.1. The van der Waals surface area contributed by atoms with Crippen LogP contribution in [0.3, 0.4) is 0 Å². The first kappa shape index (κ1) is 57.5. The van der Waals surface area contributed by atoms with Crippen molar-refractivity contribution in [2.24, 2.45) is 10.9 Å². The van der Waals surface area contributed by atoms with Gasteiger partial charge in [0.05, 0.1) is 24.4 Å². The Labute approximate surface area is 403 Å². The van der Waals surface area contributed by atoms with Crippen molar-refractivity contribution in [3.63, 3.8) is 0 Å². The number of hydrogen-bond acceptors (Lipinski definition) is 14. The van der Waals surface area contributed by atoms with Crippen molar-refractivity contribution in [1.29, 1.82) is 0 Å². The molecule has 1 aromatic carbocycles. The summed E-state index contributed by atoms with van der Waals surface area (Å²) in [6.07, 6.45) is 16.6. The highest BCUT2D eigenvalue weighted by atomic mass is 16.5. The molecule has 68 heavy (non-hydrogen) atoms. The van der Waals surface area contributed by atoms with Gasteiger partial charge in [0.2, 0.25) is 5.89 Å². The van der Waals surface area contributed by atoms with Crippen molar-refractivity contribution in [3.05, 3.63) is 151 Å². The molecule has 1 aliphatic heterocycles. The van der Waals surface area contributed by atoms with Crippen LogP contribution >= 0.6 is 0 Å². The number of hydrogen-bond donors (Lipinski definition) is 1. The third-order valence-electron chi connectivity index (χ3n) is 9.22. The van der Waals surface area contributed by atoms with E-state index in [1.54, 1.807) is 37.4 Å². The molecule has 0 atom stereocenters. The van der Waals surface area contributed by atoms with Crippen LogP contribution in [0.25, 0.3) is 11.1 Å². The molecule has 0 fully saturated rings. The molecule has 0 radical (unpaired) electrons. The zero-order chi connectivity index (χ0) is 50.4. The van der Waals surface area contributed by atoms with E-state index in [2.05, 4.69) is 139 Å². The summed E-state index contributed by atoms with van der Waals surface area (Å²) < 4.78 is 29.8. The van der Waals surface area contributed by atoms with Crippen LogP contribution in [0, 0.1) is 5.92 Å². The maximum absolute atomic E-state index is 5.52. The Morgan fingerprint density at radius 2 is 1.24 bits per heavy atom. The van der Waals surface area contributed by atoms with Gasteiger partial charge in [0.1, 0.15) is 29.6 Å². The number of H-pyrrole nitrogens is 1. The second-order valence-electron chi connectivity index (χ2n) is 18.0. The van der Waals surface area contributed by atoms with E-state index in [0.717, 1.165) is 46.5 Å². The number of rotatable bonds is 8. The van der Waals surface area contributed by atoms with Crippen LogP contribution in [0.1, 0.15) is 199 Å². The molecule has 8 aromatic rings. The van der Waals surface area contributed by atoms with Gasteiger partial charge in [0.25, 0.3) is 0 Å². The molecule has 0 saturated carbocycles. The van der Waals surface area contributed by atoms with E-state index in [1.807, 2.05) is 88.5 Å². The highest BCUT2D eigenvalue weighted by Crippen LogP contribution is 2.20. The van der Waals surface area contributed by atoms with E-state index in [0.29, 0.717) is 53.2 Å². The van der Waals surface area contributed by atoms with E-state index in [-0.39, 0.29) is 0 Å². The maximum atomic E-state index is 5.52. The summed E-state index contributed by atoms with van der Waals surface area (Å²) in [5, 5.41) is 17.5. The molecule has 8 heterocycles.